The summed E-state index contributed by atoms with van der Waals surface area (Å²) in [5.74, 6) is 0. The minimum atomic E-state index is 1.12. The number of nitrogens with zero attached hydrogens (tertiary/aromatic N) is 4. The molecular formula is C70H50N4S2. The highest BCUT2D eigenvalue weighted by Gasteiger charge is 2.22. The van der Waals surface area contributed by atoms with Crippen LogP contribution in [0.25, 0.3) is 95.3 Å². The van der Waals surface area contributed by atoms with Gasteiger partial charge in [-0.25, -0.2) is 0 Å². The van der Waals surface area contributed by atoms with Crippen molar-refractivity contribution in [1.82, 2.24) is 9.13 Å². The molecule has 4 heterocycles. The van der Waals surface area contributed by atoms with Crippen LogP contribution in [0.15, 0.2) is 231 Å². The molecule has 0 atom stereocenters. The molecule has 4 aromatic heterocycles. The lowest BCUT2D eigenvalue weighted by Crippen LogP contribution is -2.09. The van der Waals surface area contributed by atoms with E-state index in [1.54, 1.807) is 0 Å². The van der Waals surface area contributed by atoms with Crippen molar-refractivity contribution in [1.29, 1.82) is 0 Å². The second-order valence-electron chi connectivity index (χ2n) is 20.5. The molecule has 0 unspecified atom stereocenters. The number of anilines is 6. The van der Waals surface area contributed by atoms with Crippen molar-refractivity contribution < 1.29 is 0 Å². The Balaban J connectivity index is 0.854. The Kier molecular flexibility index (Phi) is 10.1. The van der Waals surface area contributed by atoms with E-state index in [2.05, 4.69) is 277 Å². The summed E-state index contributed by atoms with van der Waals surface area (Å²) in [5, 5.41) is 10.1. The topological polar surface area (TPSA) is 16.3 Å². The van der Waals surface area contributed by atoms with Gasteiger partial charge < -0.3 is 18.9 Å². The summed E-state index contributed by atoms with van der Waals surface area (Å²) in [5.41, 5.74) is 18.9. The largest absolute Gasteiger partial charge is 0.310 e. The molecule has 0 aliphatic carbocycles. The molecule has 0 N–H and O–H groups in total. The molecule has 4 nitrogen and oxygen atoms in total. The van der Waals surface area contributed by atoms with E-state index in [0.29, 0.717) is 0 Å². The van der Waals surface area contributed by atoms with Gasteiger partial charge in [-0.05, 0) is 173 Å². The Morgan fingerprint density at radius 2 is 0.553 bits per heavy atom. The Morgan fingerprint density at radius 1 is 0.250 bits per heavy atom. The minimum Gasteiger partial charge on any atom is -0.310 e. The fourth-order valence-corrected chi connectivity index (χ4v) is 13.9. The molecule has 0 bridgehead atoms. The monoisotopic (exact) mass is 1010 g/mol. The zero-order chi connectivity index (χ0) is 50.8. The number of fused-ring (bicyclic) bond motifs is 12. The highest BCUT2D eigenvalue weighted by atomic mass is 32.1. The number of aryl methyl sites for hydroxylation is 4. The first kappa shape index (κ1) is 44.5. The van der Waals surface area contributed by atoms with Crippen molar-refractivity contribution in [3.05, 3.63) is 253 Å². The van der Waals surface area contributed by atoms with Gasteiger partial charge >= 0.3 is 0 Å². The van der Waals surface area contributed by atoms with Gasteiger partial charge in [0.05, 0.1) is 22.1 Å². The lowest BCUT2D eigenvalue weighted by Gasteiger charge is -2.26. The van der Waals surface area contributed by atoms with Gasteiger partial charge in [0.2, 0.25) is 0 Å². The van der Waals surface area contributed by atoms with Crippen molar-refractivity contribution >= 4 is 141 Å². The van der Waals surface area contributed by atoms with E-state index in [0.717, 1.165) is 34.1 Å². The van der Waals surface area contributed by atoms with Crippen molar-refractivity contribution in [3.8, 4) is 11.4 Å². The second kappa shape index (κ2) is 17.3. The molecule has 362 valence electrons. The third-order valence-electron chi connectivity index (χ3n) is 15.5. The first-order valence-electron chi connectivity index (χ1n) is 26.0. The SMILES string of the molecule is Cc1ccc(N(c2ccc3sc4cc5c(cc4c3c2)sc2ccc(N(c3ccc(C)cc3)c3ccc4c(c3)c3ccccc3n4-c3ccc(C)cc3)cc25)c2ccc3c(c2)c2ccccc2n3-c2ccc(C)cc2)cc1. The molecule has 0 amide bonds. The van der Waals surface area contributed by atoms with Crippen LogP contribution in [0.2, 0.25) is 0 Å². The van der Waals surface area contributed by atoms with Gasteiger partial charge in [-0.1, -0.05) is 107 Å². The van der Waals surface area contributed by atoms with Crippen molar-refractivity contribution in [3.63, 3.8) is 0 Å². The highest BCUT2D eigenvalue weighted by Crippen LogP contribution is 2.48. The van der Waals surface area contributed by atoms with Gasteiger partial charge in [0, 0.05) is 107 Å². The predicted molar refractivity (Wildman–Crippen MR) is 329 cm³/mol. The van der Waals surface area contributed by atoms with E-state index in [9.17, 15) is 0 Å². The second-order valence-corrected chi connectivity index (χ2v) is 22.7. The average Bonchev–Trinajstić information content (AvgIpc) is 4.23. The molecule has 0 saturated carbocycles. The van der Waals surface area contributed by atoms with Crippen LogP contribution in [-0.2, 0) is 0 Å². The number of benzene rings is 11. The van der Waals surface area contributed by atoms with E-state index in [-0.39, 0.29) is 0 Å². The van der Waals surface area contributed by atoms with Crippen LogP contribution in [0.1, 0.15) is 22.3 Å². The third-order valence-corrected chi connectivity index (χ3v) is 17.8. The van der Waals surface area contributed by atoms with Crippen molar-refractivity contribution in [2.45, 2.75) is 27.7 Å². The summed E-state index contributed by atoms with van der Waals surface area (Å²) in [7, 11) is 0. The Labute approximate surface area is 448 Å². The van der Waals surface area contributed by atoms with E-state index in [1.165, 1.54) is 118 Å². The molecule has 0 aliphatic heterocycles. The van der Waals surface area contributed by atoms with E-state index >= 15 is 0 Å². The molecule has 0 spiro atoms. The first-order valence-corrected chi connectivity index (χ1v) is 27.7. The quantitative estimate of drug-likeness (QED) is 0.151. The Morgan fingerprint density at radius 3 is 0.947 bits per heavy atom. The molecule has 15 rings (SSSR count). The summed E-state index contributed by atoms with van der Waals surface area (Å²) in [4.78, 5) is 4.86. The van der Waals surface area contributed by atoms with Crippen LogP contribution in [0, 0.1) is 27.7 Å². The van der Waals surface area contributed by atoms with Crippen molar-refractivity contribution in [2.24, 2.45) is 0 Å². The normalized spacial score (nSPS) is 11.9. The van der Waals surface area contributed by atoms with Crippen molar-refractivity contribution in [2.75, 3.05) is 9.80 Å². The molecular weight excluding hydrogens is 961 g/mol. The van der Waals surface area contributed by atoms with Gasteiger partial charge in [0.25, 0.3) is 0 Å². The van der Waals surface area contributed by atoms with Crippen LogP contribution in [0.5, 0.6) is 0 Å². The molecule has 0 fully saturated rings. The van der Waals surface area contributed by atoms with Crippen LogP contribution in [0.3, 0.4) is 0 Å². The molecule has 0 saturated heterocycles. The zero-order valence-corrected chi connectivity index (χ0v) is 44.2. The summed E-state index contributed by atoms with van der Waals surface area (Å²) in [6.07, 6.45) is 0. The number of hydrogen-bond donors (Lipinski definition) is 0. The smallest absolute Gasteiger partial charge is 0.0542 e. The Bertz CT molecular complexity index is 4480. The van der Waals surface area contributed by atoms with Crippen LogP contribution in [-0.4, -0.2) is 9.13 Å². The van der Waals surface area contributed by atoms with Gasteiger partial charge in [-0.15, -0.1) is 22.7 Å². The van der Waals surface area contributed by atoms with Crippen LogP contribution < -0.4 is 9.80 Å². The van der Waals surface area contributed by atoms with Gasteiger partial charge in [0.15, 0.2) is 0 Å². The number of hydrogen-bond acceptors (Lipinski definition) is 4. The maximum atomic E-state index is 2.45. The lowest BCUT2D eigenvalue weighted by atomic mass is 10.1. The van der Waals surface area contributed by atoms with E-state index in [4.69, 9.17) is 0 Å². The number of thiophene rings is 2. The number of rotatable bonds is 8. The zero-order valence-electron chi connectivity index (χ0n) is 42.5. The standard InChI is InChI=1S/C70H50N4S2/c1-43-13-21-47(22-14-43)71(51-29-33-65-57(37-51)55-9-5-7-11-63(55)73(65)49-25-17-45(3)18-26-49)53-31-35-67-59(39-53)61-41-70-62(42-69(61)75-67)60-40-54(32-36-68(60)76-70)72(48-23-15-44(2)16-24-48)52-30-34-66-58(38-52)56-10-6-8-12-64(56)74(66)50-27-19-46(4)20-28-50/h5-42H,1-4H3. The van der Waals surface area contributed by atoms with Crippen LogP contribution in [0.4, 0.5) is 34.1 Å². The molecule has 15 aromatic rings. The fraction of sp³-hybridized carbons (Fsp3) is 0.0571. The predicted octanol–water partition coefficient (Wildman–Crippen LogP) is 20.8. The highest BCUT2D eigenvalue weighted by molar-refractivity contribution is 7.27. The molecule has 0 radical (unpaired) electrons. The maximum absolute atomic E-state index is 2.45. The molecule has 0 aliphatic rings. The van der Waals surface area contributed by atoms with Gasteiger partial charge in [-0.3, -0.25) is 0 Å². The summed E-state index contributed by atoms with van der Waals surface area (Å²) in [6.45, 7) is 8.61. The summed E-state index contributed by atoms with van der Waals surface area (Å²) >= 11 is 3.77. The average molecular weight is 1010 g/mol. The van der Waals surface area contributed by atoms with Crippen LogP contribution >= 0.6 is 22.7 Å². The third kappa shape index (κ3) is 7.16. The van der Waals surface area contributed by atoms with E-state index < -0.39 is 0 Å². The summed E-state index contributed by atoms with van der Waals surface area (Å²) in [6, 6.07) is 86.2. The lowest BCUT2D eigenvalue weighted by molar-refractivity contribution is 1.17. The minimum absolute atomic E-state index is 1.12. The number of aromatic nitrogens is 2. The Hall–Kier alpha value is -8.94. The molecule has 76 heavy (non-hydrogen) atoms. The molecule has 11 aromatic carbocycles. The van der Waals surface area contributed by atoms with E-state index in [1.807, 2.05) is 22.7 Å². The van der Waals surface area contributed by atoms with Gasteiger partial charge in [0.1, 0.15) is 0 Å². The first-order chi connectivity index (χ1) is 37.3. The fourth-order valence-electron chi connectivity index (χ4n) is 11.7. The maximum Gasteiger partial charge on any atom is 0.0542 e. The number of para-hydroxylation sites is 2. The molecule has 6 heteroatoms. The summed E-state index contributed by atoms with van der Waals surface area (Å²) < 4.78 is 9.96. The van der Waals surface area contributed by atoms with Gasteiger partial charge in [-0.2, -0.15) is 0 Å².